The number of carbonyl (C=O) groups is 2. The number of carbonyl (C=O) groups excluding carboxylic acids is 2. The van der Waals surface area contributed by atoms with Crippen LogP contribution in [0.15, 0.2) is 41.3 Å². The molecule has 0 bridgehead atoms. The van der Waals surface area contributed by atoms with E-state index < -0.39 is 17.7 Å². The third-order valence-electron chi connectivity index (χ3n) is 4.91. The highest BCUT2D eigenvalue weighted by Gasteiger charge is 2.48. The van der Waals surface area contributed by atoms with Gasteiger partial charge in [0.15, 0.2) is 5.13 Å². The van der Waals surface area contributed by atoms with Gasteiger partial charge in [-0.2, -0.15) is 0 Å². The lowest BCUT2D eigenvalue weighted by atomic mass is 10.00. The number of ketones is 1. The monoisotopic (exact) mass is 460 g/mol. The molecule has 1 atom stereocenters. The molecule has 0 radical (unpaired) electrons. The number of benzene rings is 1. The molecule has 1 N–H and O–H groups in total. The van der Waals surface area contributed by atoms with Crippen molar-refractivity contribution in [1.29, 1.82) is 0 Å². The van der Waals surface area contributed by atoms with Crippen molar-refractivity contribution in [3.8, 4) is 5.75 Å². The molecule has 1 amide bonds. The minimum Gasteiger partial charge on any atom is -0.507 e. The maximum atomic E-state index is 13.0. The molecule has 1 unspecified atom stereocenters. The molecule has 154 valence electrons. The number of methoxy groups -OCH3 is 1. The Balaban J connectivity index is 1.91. The van der Waals surface area contributed by atoms with Crippen molar-refractivity contribution < 1.29 is 19.4 Å². The topological polar surface area (TPSA) is 79.7 Å². The second-order valence-electron chi connectivity index (χ2n) is 6.67. The number of hydrogen-bond acceptors (Lipinski definition) is 7. The van der Waals surface area contributed by atoms with Gasteiger partial charge < -0.3 is 9.84 Å². The fraction of sp³-hybridized carbons (Fsp3) is 0.190. The van der Waals surface area contributed by atoms with Crippen LogP contribution in [-0.2, 0) is 9.59 Å². The highest BCUT2D eigenvalue weighted by molar-refractivity contribution is 7.16. The lowest BCUT2D eigenvalue weighted by Crippen LogP contribution is -2.29. The van der Waals surface area contributed by atoms with E-state index in [-0.39, 0.29) is 16.4 Å². The number of thiazole rings is 1. The van der Waals surface area contributed by atoms with Gasteiger partial charge in [-0.25, -0.2) is 4.98 Å². The van der Waals surface area contributed by atoms with E-state index in [0.717, 1.165) is 15.4 Å². The number of aliphatic hydroxyl groups excluding tert-OH is 1. The molecule has 2 aromatic heterocycles. The first kappa shape index (κ1) is 20.6. The van der Waals surface area contributed by atoms with E-state index in [1.807, 2.05) is 31.4 Å². The molecule has 0 spiro atoms. The summed E-state index contributed by atoms with van der Waals surface area (Å²) in [6.45, 7) is 3.76. The van der Waals surface area contributed by atoms with Crippen LogP contribution in [0, 0.1) is 13.8 Å². The molecule has 0 aliphatic carbocycles. The summed E-state index contributed by atoms with van der Waals surface area (Å²) < 4.78 is 5.15. The van der Waals surface area contributed by atoms with Gasteiger partial charge in [-0.15, -0.1) is 22.7 Å². The molecule has 30 heavy (non-hydrogen) atoms. The van der Waals surface area contributed by atoms with Crippen LogP contribution < -0.4 is 9.64 Å². The molecule has 4 rings (SSSR count). The van der Waals surface area contributed by atoms with Crippen LogP contribution in [0.4, 0.5) is 5.13 Å². The highest BCUT2D eigenvalue weighted by Crippen LogP contribution is 2.45. The molecule has 1 aromatic carbocycles. The normalized spacial score (nSPS) is 18.3. The Kier molecular flexibility index (Phi) is 5.40. The number of aryl methyl sites for hydroxylation is 2. The van der Waals surface area contributed by atoms with Gasteiger partial charge in [0, 0.05) is 15.3 Å². The van der Waals surface area contributed by atoms with Crippen LogP contribution in [0.1, 0.15) is 27.1 Å². The van der Waals surface area contributed by atoms with Crippen molar-refractivity contribution in [3.63, 3.8) is 0 Å². The van der Waals surface area contributed by atoms with Crippen LogP contribution in [0.3, 0.4) is 0 Å². The van der Waals surface area contributed by atoms with E-state index in [1.54, 1.807) is 12.1 Å². The highest BCUT2D eigenvalue weighted by atomic mass is 35.5. The zero-order chi connectivity index (χ0) is 21.6. The zero-order valence-electron chi connectivity index (χ0n) is 16.3. The van der Waals surface area contributed by atoms with Crippen LogP contribution in [0.5, 0.6) is 5.75 Å². The molecular weight excluding hydrogens is 444 g/mol. The fourth-order valence-electron chi connectivity index (χ4n) is 3.27. The summed E-state index contributed by atoms with van der Waals surface area (Å²) in [5.74, 6) is -1.33. The minimum atomic E-state index is -0.768. The summed E-state index contributed by atoms with van der Waals surface area (Å²) in [4.78, 5) is 33.6. The average Bonchev–Trinajstić information content (AvgIpc) is 3.42. The van der Waals surface area contributed by atoms with Crippen molar-refractivity contribution >= 4 is 56.9 Å². The Morgan fingerprint density at radius 3 is 2.60 bits per heavy atom. The minimum absolute atomic E-state index is 0.00851. The predicted molar refractivity (Wildman–Crippen MR) is 119 cm³/mol. The number of aromatic nitrogens is 1. The van der Waals surface area contributed by atoms with Crippen LogP contribution in [0.25, 0.3) is 5.76 Å². The van der Waals surface area contributed by atoms with Gasteiger partial charge in [-0.1, -0.05) is 17.7 Å². The number of thiophene rings is 1. The largest absolute Gasteiger partial charge is 0.507 e. The average molecular weight is 461 g/mol. The lowest BCUT2D eigenvalue weighted by Gasteiger charge is -2.21. The molecule has 1 aliphatic heterocycles. The lowest BCUT2D eigenvalue weighted by molar-refractivity contribution is -0.132. The summed E-state index contributed by atoms with van der Waals surface area (Å²) in [5, 5.41) is 13.6. The number of ether oxygens (including phenoxy) is 1. The van der Waals surface area contributed by atoms with Gasteiger partial charge in [0.05, 0.1) is 23.4 Å². The van der Waals surface area contributed by atoms with Crippen molar-refractivity contribution in [1.82, 2.24) is 4.98 Å². The second kappa shape index (κ2) is 7.86. The smallest absolute Gasteiger partial charge is 0.301 e. The van der Waals surface area contributed by atoms with Gasteiger partial charge in [-0.05, 0) is 43.5 Å². The predicted octanol–water partition coefficient (Wildman–Crippen LogP) is 5.11. The molecule has 1 fully saturated rings. The summed E-state index contributed by atoms with van der Waals surface area (Å²) in [7, 11) is 1.49. The van der Waals surface area contributed by atoms with E-state index in [2.05, 4.69) is 4.98 Å². The standard InChI is InChI=1S/C21H17ClN2O4S2/c1-10-11(2)30-21(23-10)24-17(15-5-4-8-29-15)16(19(26)20(24)27)18(25)12-6-7-14(28-3)13(22)9-12/h4-9,17,25H,1-3H3. The summed E-state index contributed by atoms with van der Waals surface area (Å²) in [6.07, 6.45) is 0. The Morgan fingerprint density at radius 2 is 2.03 bits per heavy atom. The number of hydrogen-bond donors (Lipinski definition) is 1. The summed E-state index contributed by atoms with van der Waals surface area (Å²) in [5.41, 5.74) is 1.13. The Bertz CT molecular complexity index is 1160. The van der Waals surface area contributed by atoms with Gasteiger partial charge >= 0.3 is 5.91 Å². The second-order valence-corrected chi connectivity index (χ2v) is 9.24. The zero-order valence-corrected chi connectivity index (χ0v) is 18.7. The molecule has 6 nitrogen and oxygen atoms in total. The van der Waals surface area contributed by atoms with Gasteiger partial charge in [-0.3, -0.25) is 14.5 Å². The van der Waals surface area contributed by atoms with Gasteiger partial charge in [0.25, 0.3) is 5.78 Å². The first-order valence-electron chi connectivity index (χ1n) is 8.95. The third-order valence-corrected chi connectivity index (χ3v) is 7.20. The van der Waals surface area contributed by atoms with E-state index in [0.29, 0.717) is 16.4 Å². The maximum Gasteiger partial charge on any atom is 0.301 e. The van der Waals surface area contributed by atoms with Crippen molar-refractivity contribution in [2.24, 2.45) is 0 Å². The number of nitrogens with zero attached hydrogens (tertiary/aromatic N) is 2. The molecule has 9 heteroatoms. The van der Waals surface area contributed by atoms with Crippen LogP contribution in [-0.4, -0.2) is 28.9 Å². The van der Waals surface area contributed by atoms with Gasteiger partial charge in [0.2, 0.25) is 0 Å². The van der Waals surface area contributed by atoms with Crippen LogP contribution >= 0.6 is 34.3 Å². The number of aliphatic hydroxyl groups is 1. The first-order valence-corrected chi connectivity index (χ1v) is 11.0. The maximum absolute atomic E-state index is 13.0. The quantitative estimate of drug-likeness (QED) is 0.332. The summed E-state index contributed by atoms with van der Waals surface area (Å²) >= 11 is 8.94. The van der Waals surface area contributed by atoms with Crippen molar-refractivity contribution in [3.05, 3.63) is 67.3 Å². The number of Topliss-reactive ketones (excluding diaryl/α,β-unsaturated/α-hetero) is 1. The van der Waals surface area contributed by atoms with E-state index >= 15 is 0 Å². The van der Waals surface area contributed by atoms with Crippen molar-refractivity contribution in [2.45, 2.75) is 19.9 Å². The molecule has 3 aromatic rings. The van der Waals surface area contributed by atoms with Crippen LogP contribution in [0.2, 0.25) is 5.02 Å². The van der Waals surface area contributed by atoms with Gasteiger partial charge in [0.1, 0.15) is 17.6 Å². The van der Waals surface area contributed by atoms with E-state index in [9.17, 15) is 14.7 Å². The SMILES string of the molecule is COc1ccc(C(O)=C2C(=O)C(=O)N(c3nc(C)c(C)s3)C2c2cccs2)cc1Cl. The van der Waals surface area contributed by atoms with Crippen molar-refractivity contribution in [2.75, 3.05) is 12.0 Å². The number of anilines is 1. The number of amides is 1. The third kappa shape index (κ3) is 3.30. The molecule has 1 saturated heterocycles. The Hall–Kier alpha value is -2.68. The number of halogens is 1. The molecular formula is C21H17ClN2O4S2. The Morgan fingerprint density at radius 1 is 1.27 bits per heavy atom. The first-order chi connectivity index (χ1) is 14.3. The molecule has 0 saturated carbocycles. The molecule has 1 aliphatic rings. The van der Waals surface area contributed by atoms with E-state index in [4.69, 9.17) is 16.3 Å². The summed E-state index contributed by atoms with van der Waals surface area (Å²) in [6, 6.07) is 7.60. The molecule has 3 heterocycles. The number of rotatable bonds is 4. The fourth-order valence-corrected chi connectivity index (χ4v) is 5.29. The Labute approximate surface area is 186 Å². The van der Waals surface area contributed by atoms with E-state index in [1.165, 1.54) is 40.7 Å².